The molecule has 0 spiro atoms. The van der Waals surface area contributed by atoms with Gasteiger partial charge >= 0.3 is 0 Å². The van der Waals surface area contributed by atoms with Gasteiger partial charge in [-0.1, -0.05) is 0 Å². The van der Waals surface area contributed by atoms with Crippen LogP contribution < -0.4 is 0 Å². The molecule has 0 bridgehead atoms. The summed E-state index contributed by atoms with van der Waals surface area (Å²) in [6.07, 6.45) is 4.56. The van der Waals surface area contributed by atoms with E-state index in [1.807, 2.05) is 0 Å². The second kappa shape index (κ2) is 5.85. The number of aliphatic hydroxyl groups is 1. The van der Waals surface area contributed by atoms with Gasteiger partial charge in [-0.15, -0.1) is 0 Å². The van der Waals surface area contributed by atoms with Crippen LogP contribution in [0.5, 0.6) is 0 Å². The molecule has 0 saturated carbocycles. The highest BCUT2D eigenvalue weighted by molar-refractivity contribution is 5.02. The molecule has 1 N–H and O–H groups in total. The van der Waals surface area contributed by atoms with Crippen LogP contribution in [0.2, 0.25) is 0 Å². The molecule has 2 rings (SSSR count). The van der Waals surface area contributed by atoms with Gasteiger partial charge in [0.15, 0.2) is 0 Å². The van der Waals surface area contributed by atoms with Gasteiger partial charge in [0, 0.05) is 19.0 Å². The van der Waals surface area contributed by atoms with E-state index in [0.717, 1.165) is 25.9 Å². The summed E-state index contributed by atoms with van der Waals surface area (Å²) in [6.45, 7) is 1.85. The molecule has 4 heteroatoms. The number of nitrogens with zero attached hydrogens (tertiary/aromatic N) is 2. The summed E-state index contributed by atoms with van der Waals surface area (Å²) in [7, 11) is 0. The average molecular weight is 234 g/mol. The lowest BCUT2D eigenvalue weighted by Gasteiger charge is -2.24. The van der Waals surface area contributed by atoms with E-state index >= 15 is 0 Å². The largest absolute Gasteiger partial charge is 0.467 e. The molecule has 0 radical (unpaired) electrons. The van der Waals surface area contributed by atoms with E-state index in [9.17, 15) is 5.11 Å². The molecule has 4 nitrogen and oxygen atoms in total. The highest BCUT2D eigenvalue weighted by atomic mass is 16.4. The third kappa shape index (κ3) is 3.09. The van der Waals surface area contributed by atoms with E-state index in [1.165, 1.54) is 0 Å². The van der Waals surface area contributed by atoms with Crippen molar-refractivity contribution in [2.24, 2.45) is 0 Å². The van der Waals surface area contributed by atoms with E-state index in [2.05, 4.69) is 11.0 Å². The van der Waals surface area contributed by atoms with Gasteiger partial charge in [0.2, 0.25) is 0 Å². The van der Waals surface area contributed by atoms with Gasteiger partial charge in [0.05, 0.1) is 12.3 Å². The summed E-state index contributed by atoms with van der Waals surface area (Å²) in [5.74, 6) is 0.636. The number of likely N-dealkylation sites (tertiary alicyclic amines) is 1. The van der Waals surface area contributed by atoms with Crippen LogP contribution in [0.1, 0.15) is 37.5 Å². The first-order valence-corrected chi connectivity index (χ1v) is 6.13. The van der Waals surface area contributed by atoms with Crippen LogP contribution in [0.25, 0.3) is 0 Å². The second-order valence-corrected chi connectivity index (χ2v) is 4.51. The zero-order valence-corrected chi connectivity index (χ0v) is 9.88. The molecule has 1 aliphatic rings. The Balaban J connectivity index is 1.87. The van der Waals surface area contributed by atoms with Crippen molar-refractivity contribution in [2.75, 3.05) is 13.1 Å². The molecule has 2 heterocycles. The van der Waals surface area contributed by atoms with Gasteiger partial charge in [-0.25, -0.2) is 0 Å². The van der Waals surface area contributed by atoms with Crippen LogP contribution >= 0.6 is 0 Å². The van der Waals surface area contributed by atoms with Crippen molar-refractivity contribution in [3.63, 3.8) is 0 Å². The maximum Gasteiger partial charge on any atom is 0.132 e. The minimum atomic E-state index is -0.530. The lowest BCUT2D eigenvalue weighted by molar-refractivity contribution is 0.102. The van der Waals surface area contributed by atoms with E-state index in [1.54, 1.807) is 18.4 Å². The summed E-state index contributed by atoms with van der Waals surface area (Å²) >= 11 is 0. The minimum absolute atomic E-state index is 0.378. The molecule has 2 atom stereocenters. The fourth-order valence-electron chi connectivity index (χ4n) is 2.50. The number of rotatable bonds is 5. The number of aliphatic hydroxyl groups excluding tert-OH is 1. The SMILES string of the molecule is N#CCCN1CCCC1CC(O)c1ccco1. The van der Waals surface area contributed by atoms with Crippen molar-refractivity contribution in [3.8, 4) is 6.07 Å². The van der Waals surface area contributed by atoms with Crippen molar-refractivity contribution in [1.82, 2.24) is 4.90 Å². The number of hydrogen-bond acceptors (Lipinski definition) is 4. The third-order valence-corrected chi connectivity index (χ3v) is 3.38. The Labute approximate surface area is 101 Å². The van der Waals surface area contributed by atoms with Gasteiger partial charge in [-0.3, -0.25) is 4.90 Å². The maximum absolute atomic E-state index is 10.0. The number of furan rings is 1. The van der Waals surface area contributed by atoms with Crippen LogP contribution in [0.4, 0.5) is 0 Å². The minimum Gasteiger partial charge on any atom is -0.467 e. The normalized spacial score (nSPS) is 22.5. The van der Waals surface area contributed by atoms with Gasteiger partial charge in [-0.2, -0.15) is 5.26 Å². The first-order valence-electron chi connectivity index (χ1n) is 6.13. The lowest BCUT2D eigenvalue weighted by atomic mass is 10.1. The molecule has 0 aliphatic carbocycles. The number of nitriles is 1. The van der Waals surface area contributed by atoms with Gasteiger partial charge in [-0.05, 0) is 37.9 Å². The molecule has 1 aliphatic heterocycles. The molecule has 0 amide bonds. The zero-order chi connectivity index (χ0) is 12.1. The van der Waals surface area contributed by atoms with E-state index in [0.29, 0.717) is 24.6 Å². The monoisotopic (exact) mass is 234 g/mol. The summed E-state index contributed by atoms with van der Waals surface area (Å²) in [5, 5.41) is 18.6. The van der Waals surface area contributed by atoms with Crippen LogP contribution in [0, 0.1) is 11.3 Å². The molecule has 92 valence electrons. The Bertz CT molecular complexity index is 369. The summed E-state index contributed by atoms with van der Waals surface area (Å²) in [6, 6.07) is 6.15. The molecular formula is C13H18N2O2. The van der Waals surface area contributed by atoms with Crippen LogP contribution in [0.15, 0.2) is 22.8 Å². The van der Waals surface area contributed by atoms with Crippen molar-refractivity contribution < 1.29 is 9.52 Å². The molecule has 1 aromatic heterocycles. The first kappa shape index (κ1) is 12.2. The lowest BCUT2D eigenvalue weighted by Crippen LogP contribution is -2.31. The predicted octanol–water partition coefficient (Wildman–Crippen LogP) is 2.08. The quantitative estimate of drug-likeness (QED) is 0.847. The zero-order valence-electron chi connectivity index (χ0n) is 9.88. The van der Waals surface area contributed by atoms with E-state index in [4.69, 9.17) is 9.68 Å². The molecule has 1 saturated heterocycles. The Morgan fingerprint density at radius 2 is 2.53 bits per heavy atom. The molecule has 0 aromatic carbocycles. The van der Waals surface area contributed by atoms with Crippen molar-refractivity contribution in [1.29, 1.82) is 5.26 Å². The predicted molar refractivity (Wildman–Crippen MR) is 63.1 cm³/mol. The number of hydrogen-bond donors (Lipinski definition) is 1. The van der Waals surface area contributed by atoms with Crippen molar-refractivity contribution in [3.05, 3.63) is 24.2 Å². The standard InChI is InChI=1S/C13H18N2O2/c14-6-3-8-15-7-1-4-11(15)10-12(16)13-5-2-9-17-13/h2,5,9,11-12,16H,1,3-4,7-8,10H2. The fourth-order valence-corrected chi connectivity index (χ4v) is 2.50. The highest BCUT2D eigenvalue weighted by Gasteiger charge is 2.27. The van der Waals surface area contributed by atoms with Gasteiger partial charge in [0.1, 0.15) is 11.9 Å². The fraction of sp³-hybridized carbons (Fsp3) is 0.615. The summed E-state index contributed by atoms with van der Waals surface area (Å²) < 4.78 is 5.20. The smallest absolute Gasteiger partial charge is 0.132 e. The summed E-state index contributed by atoms with van der Waals surface area (Å²) in [5.41, 5.74) is 0. The van der Waals surface area contributed by atoms with Crippen LogP contribution in [0.3, 0.4) is 0 Å². The Morgan fingerprint density at radius 1 is 1.65 bits per heavy atom. The Hall–Kier alpha value is -1.31. The first-order chi connectivity index (χ1) is 8.31. The topological polar surface area (TPSA) is 60.4 Å². The van der Waals surface area contributed by atoms with E-state index in [-0.39, 0.29) is 0 Å². The van der Waals surface area contributed by atoms with Gasteiger partial charge < -0.3 is 9.52 Å². The Morgan fingerprint density at radius 3 is 3.24 bits per heavy atom. The van der Waals surface area contributed by atoms with Crippen molar-refractivity contribution in [2.45, 2.75) is 37.8 Å². The Kier molecular flexibility index (Phi) is 4.18. The maximum atomic E-state index is 10.0. The molecular weight excluding hydrogens is 216 g/mol. The van der Waals surface area contributed by atoms with Crippen molar-refractivity contribution >= 4 is 0 Å². The molecule has 1 fully saturated rings. The second-order valence-electron chi connectivity index (χ2n) is 4.51. The van der Waals surface area contributed by atoms with Crippen LogP contribution in [-0.4, -0.2) is 29.1 Å². The summed E-state index contributed by atoms with van der Waals surface area (Å²) in [4.78, 5) is 2.30. The molecule has 1 aromatic rings. The molecule has 2 unspecified atom stereocenters. The average Bonchev–Trinajstić information content (AvgIpc) is 2.97. The van der Waals surface area contributed by atoms with Gasteiger partial charge in [0.25, 0.3) is 0 Å². The molecule has 17 heavy (non-hydrogen) atoms. The van der Waals surface area contributed by atoms with E-state index < -0.39 is 6.10 Å². The third-order valence-electron chi connectivity index (χ3n) is 3.38. The highest BCUT2D eigenvalue weighted by Crippen LogP contribution is 2.27. The van der Waals surface area contributed by atoms with Crippen LogP contribution in [-0.2, 0) is 0 Å².